The second-order valence-corrected chi connectivity index (χ2v) is 12.2. The number of carboxylic acids is 1. The first-order valence-electron chi connectivity index (χ1n) is 13.5. The molecule has 234 valence electrons. The van der Waals surface area contributed by atoms with E-state index in [0.717, 1.165) is 5.56 Å². The van der Waals surface area contributed by atoms with Crippen LogP contribution in [-0.2, 0) is 36.8 Å². The van der Waals surface area contributed by atoms with Crippen molar-refractivity contribution in [2.45, 2.75) is 64.2 Å². The molecule has 4 atom stereocenters. The van der Waals surface area contributed by atoms with Crippen LogP contribution in [0.4, 0.5) is 0 Å². The number of carboxylic acid groups (broad SMARTS) is 1. The number of phenols is 1. The molecule has 0 bridgehead atoms. The summed E-state index contributed by atoms with van der Waals surface area (Å²) in [5.74, 6) is -3.76. The lowest BCUT2D eigenvalue weighted by Crippen LogP contribution is -2.55. The van der Waals surface area contributed by atoms with Gasteiger partial charge in [-0.05, 0) is 48.9 Å². The van der Waals surface area contributed by atoms with Gasteiger partial charge >= 0.3 is 5.97 Å². The summed E-state index contributed by atoms with van der Waals surface area (Å²) in [6.45, 7) is 4.60. The minimum Gasteiger partial charge on any atom is -0.508 e. The molecule has 4 amide bonds. The molecule has 43 heavy (non-hydrogen) atoms. The molecule has 0 radical (unpaired) electrons. The van der Waals surface area contributed by atoms with Crippen LogP contribution < -0.4 is 27.0 Å². The Morgan fingerprint density at radius 3 is 2.00 bits per heavy atom. The highest BCUT2D eigenvalue weighted by atomic mass is 79.9. The average Bonchev–Trinajstić information content (AvgIpc) is 2.92. The second-order valence-electron chi connectivity index (χ2n) is 10.5. The predicted octanol–water partition coefficient (Wildman–Crippen LogP) is 1.75. The third kappa shape index (κ3) is 12.0. The van der Waals surface area contributed by atoms with Crippen LogP contribution in [-0.4, -0.2) is 70.5 Å². The second kappa shape index (κ2) is 17.0. The highest BCUT2D eigenvalue weighted by molar-refractivity contribution is 9.11. The molecule has 0 unspecified atom stereocenters. The Hall–Kier alpha value is -3.49. The van der Waals surface area contributed by atoms with E-state index in [4.69, 9.17) is 5.73 Å². The number of aliphatic carboxylic acids is 1. The minimum absolute atomic E-state index is 0.00682. The quantitative estimate of drug-likeness (QED) is 0.144. The number of carbonyl (C=O) groups excluding carboxylic acids is 4. The fourth-order valence-corrected chi connectivity index (χ4v) is 5.56. The van der Waals surface area contributed by atoms with Crippen molar-refractivity contribution in [3.63, 3.8) is 0 Å². The summed E-state index contributed by atoms with van der Waals surface area (Å²) in [4.78, 5) is 62.7. The van der Waals surface area contributed by atoms with Crippen molar-refractivity contribution in [2.75, 3.05) is 6.54 Å². The Balaban J connectivity index is 1.97. The summed E-state index contributed by atoms with van der Waals surface area (Å²) in [6, 6.07) is 7.54. The number of hydrogen-bond acceptors (Lipinski definition) is 7. The first kappa shape index (κ1) is 35.7. The number of hydrogen-bond donors (Lipinski definition) is 7. The lowest BCUT2D eigenvalue weighted by atomic mass is 10.0. The Labute approximate surface area is 266 Å². The molecule has 8 N–H and O–H groups in total. The first-order valence-corrected chi connectivity index (χ1v) is 15.1. The number of aromatic hydroxyl groups is 1. The summed E-state index contributed by atoms with van der Waals surface area (Å²) in [5.41, 5.74) is 7.43. The smallest absolute Gasteiger partial charge is 0.326 e. The Morgan fingerprint density at radius 2 is 1.44 bits per heavy atom. The standard InChI is InChI=1S/C29H37Br2N5O7/c1-15(2)9-24(29(42)43)36-28(41)23(10-17-7-5-4-6-8-17)35-25(38)14-33-26(39)16(3)34-27(40)22(32)13-19-20(30)11-18(37)12-21(19)31/h4-8,11-12,15-16,22-24,37H,9-10,13-14,32H2,1-3H3,(H,33,39)(H,34,40)(H,35,38)(H,36,41)(H,42,43)/t16-,22+,23+,24-/m1/s1. The van der Waals surface area contributed by atoms with Gasteiger partial charge in [0.05, 0.1) is 12.6 Å². The van der Waals surface area contributed by atoms with Crippen molar-refractivity contribution in [1.82, 2.24) is 21.3 Å². The van der Waals surface area contributed by atoms with E-state index in [1.807, 2.05) is 13.8 Å². The average molecular weight is 727 g/mol. The minimum atomic E-state index is -1.18. The van der Waals surface area contributed by atoms with E-state index in [1.165, 1.54) is 19.1 Å². The Bertz CT molecular complexity index is 1290. The van der Waals surface area contributed by atoms with Crippen molar-refractivity contribution >= 4 is 61.5 Å². The van der Waals surface area contributed by atoms with Gasteiger partial charge in [0.15, 0.2) is 0 Å². The van der Waals surface area contributed by atoms with Crippen LogP contribution in [0.5, 0.6) is 5.75 Å². The molecule has 0 fully saturated rings. The van der Waals surface area contributed by atoms with E-state index in [2.05, 4.69) is 53.1 Å². The fraction of sp³-hybridized carbons (Fsp3) is 0.414. The fourth-order valence-electron chi connectivity index (χ4n) is 4.07. The molecule has 2 rings (SSSR count). The zero-order chi connectivity index (χ0) is 32.3. The van der Waals surface area contributed by atoms with Crippen molar-refractivity contribution in [1.29, 1.82) is 0 Å². The molecule has 0 heterocycles. The van der Waals surface area contributed by atoms with Gasteiger partial charge in [0, 0.05) is 15.4 Å². The van der Waals surface area contributed by atoms with E-state index in [9.17, 15) is 34.2 Å². The molecule has 14 heteroatoms. The zero-order valence-electron chi connectivity index (χ0n) is 24.0. The van der Waals surface area contributed by atoms with E-state index in [1.54, 1.807) is 30.3 Å². The maximum atomic E-state index is 13.0. The van der Waals surface area contributed by atoms with Gasteiger partial charge in [-0.15, -0.1) is 0 Å². The Morgan fingerprint density at radius 1 is 0.837 bits per heavy atom. The number of amides is 4. The third-order valence-electron chi connectivity index (χ3n) is 6.32. The monoisotopic (exact) mass is 725 g/mol. The van der Waals surface area contributed by atoms with E-state index >= 15 is 0 Å². The van der Waals surface area contributed by atoms with Crippen LogP contribution in [0.25, 0.3) is 0 Å². The van der Waals surface area contributed by atoms with Gasteiger partial charge in [-0.25, -0.2) is 4.79 Å². The van der Waals surface area contributed by atoms with Gasteiger partial charge in [0.2, 0.25) is 23.6 Å². The van der Waals surface area contributed by atoms with Crippen LogP contribution in [0.2, 0.25) is 0 Å². The Kier molecular flexibility index (Phi) is 14.1. The normalized spacial score (nSPS) is 13.7. The highest BCUT2D eigenvalue weighted by Crippen LogP contribution is 2.31. The highest BCUT2D eigenvalue weighted by Gasteiger charge is 2.28. The van der Waals surface area contributed by atoms with Crippen molar-refractivity contribution in [3.8, 4) is 5.75 Å². The molecule has 0 spiro atoms. The van der Waals surface area contributed by atoms with Gasteiger partial charge in [-0.1, -0.05) is 76.0 Å². The van der Waals surface area contributed by atoms with E-state index in [0.29, 0.717) is 14.5 Å². The van der Waals surface area contributed by atoms with Gasteiger partial charge in [-0.2, -0.15) is 0 Å². The van der Waals surface area contributed by atoms with Crippen molar-refractivity contribution in [3.05, 3.63) is 62.5 Å². The molecule has 0 aromatic heterocycles. The number of nitrogens with two attached hydrogens (primary N) is 1. The lowest BCUT2D eigenvalue weighted by Gasteiger charge is -2.23. The topological polar surface area (TPSA) is 200 Å². The zero-order valence-corrected chi connectivity index (χ0v) is 27.2. The summed E-state index contributed by atoms with van der Waals surface area (Å²) >= 11 is 6.65. The van der Waals surface area contributed by atoms with E-state index in [-0.39, 0.29) is 30.9 Å². The molecule has 12 nitrogen and oxygen atoms in total. The summed E-state index contributed by atoms with van der Waals surface area (Å²) in [7, 11) is 0. The van der Waals surface area contributed by atoms with Crippen LogP contribution in [0.3, 0.4) is 0 Å². The third-order valence-corrected chi connectivity index (χ3v) is 7.73. The van der Waals surface area contributed by atoms with Crippen LogP contribution in [0, 0.1) is 5.92 Å². The maximum Gasteiger partial charge on any atom is 0.326 e. The van der Waals surface area contributed by atoms with Crippen LogP contribution in [0.15, 0.2) is 51.4 Å². The maximum absolute atomic E-state index is 13.0. The van der Waals surface area contributed by atoms with E-state index < -0.39 is 60.3 Å². The number of nitrogens with one attached hydrogen (secondary N) is 4. The number of rotatable bonds is 15. The molecule has 0 aliphatic heterocycles. The molecule has 2 aromatic carbocycles. The first-order chi connectivity index (χ1) is 20.2. The summed E-state index contributed by atoms with van der Waals surface area (Å²) in [6.07, 6.45) is 0.409. The summed E-state index contributed by atoms with van der Waals surface area (Å²) < 4.78 is 1.11. The molecular weight excluding hydrogens is 690 g/mol. The largest absolute Gasteiger partial charge is 0.508 e. The van der Waals surface area contributed by atoms with Crippen molar-refractivity contribution < 1.29 is 34.2 Å². The van der Waals surface area contributed by atoms with Gasteiger partial charge in [-0.3, -0.25) is 19.2 Å². The van der Waals surface area contributed by atoms with Crippen molar-refractivity contribution in [2.24, 2.45) is 11.7 Å². The number of halogens is 2. The molecule has 0 saturated carbocycles. The molecule has 0 aliphatic carbocycles. The number of carbonyl (C=O) groups is 5. The molecule has 0 saturated heterocycles. The molecular formula is C29H37Br2N5O7. The lowest BCUT2D eigenvalue weighted by molar-refractivity contribution is -0.142. The number of phenolic OH excluding ortho intramolecular Hbond substituents is 1. The number of benzene rings is 2. The molecule has 2 aromatic rings. The SMILES string of the molecule is CC(C)C[C@@H](NC(=O)[C@H](Cc1ccccc1)NC(=O)CNC(=O)[C@@H](C)NC(=O)[C@@H](N)Cc1c(Br)cc(O)cc1Br)C(=O)O. The van der Waals surface area contributed by atoms with Gasteiger partial charge in [0.25, 0.3) is 0 Å². The van der Waals surface area contributed by atoms with Crippen LogP contribution in [0.1, 0.15) is 38.3 Å². The van der Waals surface area contributed by atoms with Gasteiger partial charge in [0.1, 0.15) is 23.9 Å². The molecule has 0 aliphatic rings. The van der Waals surface area contributed by atoms with Gasteiger partial charge < -0.3 is 37.2 Å². The predicted molar refractivity (Wildman–Crippen MR) is 167 cm³/mol. The van der Waals surface area contributed by atoms with Crippen LogP contribution >= 0.6 is 31.9 Å². The summed E-state index contributed by atoms with van der Waals surface area (Å²) in [5, 5.41) is 29.2.